The molecule has 119 heavy (non-hydrogen) atoms. The maximum Gasteiger partial charge on any atom is 0.0642 e. The van der Waals surface area contributed by atoms with Crippen molar-refractivity contribution in [3.8, 4) is 0 Å². The Morgan fingerprint density at radius 2 is 0.529 bits per heavy atom. The Bertz CT molecular complexity index is 7740. The average Bonchev–Trinajstić information content (AvgIpc) is 1.59. The van der Waals surface area contributed by atoms with Crippen LogP contribution in [0.1, 0.15) is 145 Å². The van der Waals surface area contributed by atoms with E-state index < -0.39 is 0 Å². The van der Waals surface area contributed by atoms with E-state index in [1.54, 1.807) is 0 Å². The highest BCUT2D eigenvalue weighted by Gasteiger charge is 2.22. The minimum absolute atomic E-state index is 1.23. The lowest BCUT2D eigenvalue weighted by Crippen LogP contribution is -1.86. The molecule has 25 rings (SSSR count). The van der Waals surface area contributed by atoms with Crippen LogP contribution in [0.15, 0.2) is 181 Å². The Morgan fingerprint density at radius 1 is 0.202 bits per heavy atom. The smallest absolute Gasteiger partial charge is 0.0642 e. The first-order valence-electron chi connectivity index (χ1n) is 41.9. The predicted octanol–water partition coefficient (Wildman–Crippen LogP) is 40.7. The summed E-state index contributed by atoms with van der Waals surface area (Å²) in [5.74, 6) is 0. The number of aryl methyl sites for hydroxylation is 10. The van der Waals surface area contributed by atoms with Crippen molar-refractivity contribution < 1.29 is 0 Å². The number of benzene rings is 10. The number of rotatable bonds is 14. The summed E-state index contributed by atoms with van der Waals surface area (Å²) in [6.07, 6.45) is 19.0. The molecular formula is C104H88S15. The third-order valence-corrected chi connectivity index (χ3v) is 42.7. The van der Waals surface area contributed by atoms with Gasteiger partial charge in [0.2, 0.25) is 0 Å². The maximum atomic E-state index is 2.47. The van der Waals surface area contributed by atoms with E-state index in [2.05, 4.69) is 250 Å². The SMILES string of the molecule is CCCCCCCCc1ccc2c(c1)sc1c3ccc(CCCCCCCC)cc3sc21.Cc1cc2sc3c(ccc4c5sc(C)cc5sc43)c2s1.Cc1ccc2c(c1)sc1c2sc2c3ccc(C)cc3sc21.Cc1ccc2c(ccc3sc4c(sc5ccc6cc(C)ccc6c54)c32)c1.Cc1csc2c1sc1cc3c(cc12)sc1c(C)csc13. The summed E-state index contributed by atoms with van der Waals surface area (Å²) in [4.78, 5) is 2.83. The van der Waals surface area contributed by atoms with Gasteiger partial charge in [-0.3, -0.25) is 0 Å². The first-order valence-corrected chi connectivity index (χ1v) is 54.2. The van der Waals surface area contributed by atoms with Gasteiger partial charge in [0.15, 0.2) is 0 Å². The fraction of sp³-hybridized carbons (Fsp3) is 0.231. The molecule has 0 radical (unpaired) electrons. The van der Waals surface area contributed by atoms with Crippen molar-refractivity contribution in [3.63, 3.8) is 0 Å². The molecule has 0 nitrogen and oxygen atoms in total. The summed E-state index contributed by atoms with van der Waals surface area (Å²) in [5.41, 5.74) is 11.2. The molecule has 0 amide bonds. The van der Waals surface area contributed by atoms with Gasteiger partial charge in [-0.05, 0) is 207 Å². The minimum atomic E-state index is 1.23. The molecule has 15 heterocycles. The molecule has 0 spiro atoms. The zero-order chi connectivity index (χ0) is 80.6. The molecule has 0 N–H and O–H groups in total. The van der Waals surface area contributed by atoms with Crippen molar-refractivity contribution >= 4 is 368 Å². The third kappa shape index (κ3) is 14.6. The van der Waals surface area contributed by atoms with Gasteiger partial charge in [0.25, 0.3) is 0 Å². The van der Waals surface area contributed by atoms with Gasteiger partial charge in [0.1, 0.15) is 0 Å². The van der Waals surface area contributed by atoms with Crippen LogP contribution in [-0.4, -0.2) is 0 Å². The molecule has 0 aliphatic heterocycles. The molecule has 0 aliphatic carbocycles. The van der Waals surface area contributed by atoms with E-state index in [9.17, 15) is 0 Å². The normalized spacial score (nSPS) is 12.3. The second kappa shape index (κ2) is 32.9. The minimum Gasteiger partial charge on any atom is -0.142 e. The van der Waals surface area contributed by atoms with Crippen molar-refractivity contribution in [3.05, 3.63) is 235 Å². The molecule has 0 saturated carbocycles. The molecule has 0 fully saturated rings. The third-order valence-electron chi connectivity index (χ3n) is 23.7. The number of hydrogen-bond acceptors (Lipinski definition) is 15. The summed E-state index contributed by atoms with van der Waals surface area (Å²) in [6, 6.07) is 65.1. The van der Waals surface area contributed by atoms with Crippen molar-refractivity contribution in [2.75, 3.05) is 0 Å². The van der Waals surface area contributed by atoms with Crippen LogP contribution in [-0.2, 0) is 12.8 Å². The zero-order valence-corrected chi connectivity index (χ0v) is 80.6. The lowest BCUT2D eigenvalue weighted by molar-refractivity contribution is 0.607. The fourth-order valence-electron chi connectivity index (χ4n) is 17.6. The highest BCUT2D eigenvalue weighted by Crippen LogP contribution is 2.54. The Kier molecular flexibility index (Phi) is 21.8. The quantitative estimate of drug-likeness (QED) is 0.0952. The number of fused-ring (bicyclic) bond motifs is 34. The van der Waals surface area contributed by atoms with Crippen LogP contribution in [0.5, 0.6) is 0 Å². The predicted molar refractivity (Wildman–Crippen MR) is 563 cm³/mol. The van der Waals surface area contributed by atoms with E-state index in [0.717, 1.165) is 0 Å². The van der Waals surface area contributed by atoms with Gasteiger partial charge in [0.05, 0.1) is 65.8 Å². The van der Waals surface area contributed by atoms with Crippen LogP contribution in [0.3, 0.4) is 0 Å². The van der Waals surface area contributed by atoms with Crippen LogP contribution in [0.2, 0.25) is 0 Å². The van der Waals surface area contributed by atoms with Gasteiger partial charge in [0, 0.05) is 120 Å². The van der Waals surface area contributed by atoms with Crippen LogP contribution in [0.4, 0.5) is 0 Å². The van der Waals surface area contributed by atoms with Crippen LogP contribution in [0, 0.1) is 55.4 Å². The average molecular weight is 1820 g/mol. The first kappa shape index (κ1) is 79.1. The summed E-state index contributed by atoms with van der Waals surface area (Å²) < 4.78 is 38.0. The van der Waals surface area contributed by atoms with Crippen LogP contribution in [0.25, 0.3) is 198 Å². The van der Waals surface area contributed by atoms with Crippen molar-refractivity contribution in [2.45, 2.75) is 159 Å². The molecule has 0 bridgehead atoms. The van der Waals surface area contributed by atoms with E-state index >= 15 is 0 Å². The number of thiophene rings is 15. The molecule has 594 valence electrons. The number of hydrogen-bond donors (Lipinski definition) is 0. The molecule has 0 atom stereocenters. The lowest BCUT2D eigenvalue weighted by atomic mass is 10.0. The highest BCUT2D eigenvalue weighted by atomic mass is 32.2. The Hall–Kier alpha value is -7.10. The van der Waals surface area contributed by atoms with Gasteiger partial charge in [-0.15, -0.1) is 170 Å². The van der Waals surface area contributed by atoms with E-state index in [1.807, 2.05) is 170 Å². The molecule has 25 aromatic rings. The molecule has 10 aromatic carbocycles. The van der Waals surface area contributed by atoms with E-state index in [-0.39, 0.29) is 0 Å². The monoisotopic (exact) mass is 1820 g/mol. The summed E-state index contributed by atoms with van der Waals surface area (Å²) in [6.45, 7) is 22.1. The summed E-state index contributed by atoms with van der Waals surface area (Å²) in [7, 11) is 0. The molecular weight excluding hydrogens is 1730 g/mol. The molecule has 0 saturated heterocycles. The van der Waals surface area contributed by atoms with Crippen LogP contribution >= 0.6 is 170 Å². The molecule has 0 aliphatic rings. The standard InChI is InChI=1S/C30H40S2.C24H16S2.C18H12S3.2C16H10S4/c1-3-5-7-9-11-13-15-23-17-19-25-27(21-23)31-30-26-20-18-24(22-28(26)32-29(25)30)16-14-12-10-8-6-4-2;1-13-3-7-17-15(11-13)5-9-19-21(17)23-24(25-19)22-18-8-4-14(2)12-16(18)6-10-20(22)26-23;1-9-3-5-11-13(7-9)19-17-15(11)21-16-12-6-4-10(2)8-14(12)20-18(16)17;1-7-5-17-15-9-3-12-10(4-11(9)19-13(7)15)16-14(20-12)8(2)6-18-16;1-7-5-11-13(17-7)9-3-4-10-14-12(6-8(2)18-14)20-16(10)15(9)19-11/h17-22H,3-16H2,1-2H3;3-12H,1-2H3;3-8H,1-2H3;2*3-6H,1-2H3. The Labute approximate surface area is 753 Å². The fourth-order valence-corrected chi connectivity index (χ4v) is 37.8. The molecule has 0 unspecified atom stereocenters. The Balaban J connectivity index is 0.0000000932. The second-order valence-corrected chi connectivity index (χ2v) is 48.5. The summed E-state index contributed by atoms with van der Waals surface area (Å²) in [5, 5.41) is 24.4. The van der Waals surface area contributed by atoms with Gasteiger partial charge in [-0.2, -0.15) is 0 Å². The van der Waals surface area contributed by atoms with Gasteiger partial charge in [-0.25, -0.2) is 0 Å². The zero-order valence-electron chi connectivity index (χ0n) is 68.3. The van der Waals surface area contributed by atoms with E-state index in [4.69, 9.17) is 0 Å². The van der Waals surface area contributed by atoms with Crippen molar-refractivity contribution in [1.82, 2.24) is 0 Å². The van der Waals surface area contributed by atoms with Crippen molar-refractivity contribution in [1.29, 1.82) is 0 Å². The second-order valence-electron chi connectivity index (χ2n) is 32.7. The Morgan fingerprint density at radius 3 is 0.966 bits per heavy atom. The van der Waals surface area contributed by atoms with Gasteiger partial charge >= 0.3 is 0 Å². The van der Waals surface area contributed by atoms with Gasteiger partial charge in [-0.1, -0.05) is 198 Å². The molecule has 15 aromatic heterocycles. The van der Waals surface area contributed by atoms with Crippen molar-refractivity contribution in [2.24, 2.45) is 0 Å². The highest BCUT2D eigenvalue weighted by molar-refractivity contribution is 7.44. The number of unbranched alkanes of at least 4 members (excludes halogenated alkanes) is 10. The maximum absolute atomic E-state index is 2.47. The van der Waals surface area contributed by atoms with E-state index in [1.165, 1.54) is 342 Å². The largest absolute Gasteiger partial charge is 0.142 e. The van der Waals surface area contributed by atoms with Gasteiger partial charge < -0.3 is 0 Å². The van der Waals surface area contributed by atoms with E-state index in [0.29, 0.717) is 0 Å². The lowest BCUT2D eigenvalue weighted by Gasteiger charge is -2.03. The van der Waals surface area contributed by atoms with Crippen LogP contribution < -0.4 is 0 Å². The molecule has 15 heteroatoms. The summed E-state index contributed by atoms with van der Waals surface area (Å²) >= 11 is 29.2. The first-order chi connectivity index (χ1) is 58.1. The topological polar surface area (TPSA) is 0 Å².